The van der Waals surface area contributed by atoms with Gasteiger partial charge in [0.25, 0.3) is 0 Å². The number of nitrogens with zero attached hydrogens (tertiary/aromatic N) is 3. The van der Waals surface area contributed by atoms with Gasteiger partial charge in [0.05, 0.1) is 17.6 Å². The van der Waals surface area contributed by atoms with Gasteiger partial charge in [0, 0.05) is 7.11 Å². The van der Waals surface area contributed by atoms with Gasteiger partial charge in [0.2, 0.25) is 11.8 Å². The van der Waals surface area contributed by atoms with Crippen molar-refractivity contribution in [1.82, 2.24) is 9.97 Å². The molecular weight excluding hydrogens is 238 g/mol. The molecule has 0 saturated heterocycles. The highest BCUT2D eigenvalue weighted by atomic mass is 16.6. The second-order valence-electron chi connectivity index (χ2n) is 3.83. The van der Waals surface area contributed by atoms with Crippen LogP contribution in [-0.4, -0.2) is 34.6 Å². The van der Waals surface area contributed by atoms with Crippen LogP contribution in [0.1, 0.15) is 19.0 Å². The summed E-state index contributed by atoms with van der Waals surface area (Å²) in [5, 5.41) is 14.0. The fourth-order valence-electron chi connectivity index (χ4n) is 1.56. The summed E-state index contributed by atoms with van der Waals surface area (Å²) in [7, 11) is 1.57. The quantitative estimate of drug-likeness (QED) is 0.577. The van der Waals surface area contributed by atoms with E-state index in [4.69, 9.17) is 10.5 Å². The minimum atomic E-state index is -0.517. The maximum Gasteiger partial charge on any atom is 0.332 e. The number of nitrogens with one attached hydrogen (secondary N) is 1. The molecule has 1 heterocycles. The highest BCUT2D eigenvalue weighted by Gasteiger charge is 2.23. The van der Waals surface area contributed by atoms with Crippen LogP contribution in [0.25, 0.3) is 0 Å². The van der Waals surface area contributed by atoms with Crippen molar-refractivity contribution < 1.29 is 9.66 Å². The molecule has 0 saturated carbocycles. The lowest BCUT2D eigenvalue weighted by atomic mass is 10.2. The first-order valence-electron chi connectivity index (χ1n) is 5.53. The highest BCUT2D eigenvalue weighted by Crippen LogP contribution is 2.26. The molecule has 0 amide bonds. The zero-order valence-corrected chi connectivity index (χ0v) is 10.6. The maximum atomic E-state index is 11.0. The number of aromatic nitrogens is 2. The first-order chi connectivity index (χ1) is 8.49. The van der Waals surface area contributed by atoms with Gasteiger partial charge < -0.3 is 15.8 Å². The SMILES string of the molecule is CCC(COC)Nc1nc(N)nc(C)c1[N+](=O)[O-]. The third-order valence-corrected chi connectivity index (χ3v) is 2.46. The molecule has 1 aromatic heterocycles. The highest BCUT2D eigenvalue weighted by molar-refractivity contribution is 5.60. The van der Waals surface area contributed by atoms with E-state index in [1.54, 1.807) is 7.11 Å². The Morgan fingerprint density at radius 2 is 2.22 bits per heavy atom. The summed E-state index contributed by atoms with van der Waals surface area (Å²) in [4.78, 5) is 18.1. The maximum absolute atomic E-state index is 11.0. The summed E-state index contributed by atoms with van der Waals surface area (Å²) in [6.07, 6.45) is 0.744. The summed E-state index contributed by atoms with van der Waals surface area (Å²) in [5.74, 6) is 0.141. The molecule has 1 atom stereocenters. The van der Waals surface area contributed by atoms with Gasteiger partial charge >= 0.3 is 5.69 Å². The average Bonchev–Trinajstić information content (AvgIpc) is 2.26. The van der Waals surface area contributed by atoms with Crippen molar-refractivity contribution in [2.24, 2.45) is 0 Å². The number of hydrogen-bond acceptors (Lipinski definition) is 7. The zero-order chi connectivity index (χ0) is 13.7. The molecule has 8 heteroatoms. The number of anilines is 2. The van der Waals surface area contributed by atoms with Crippen LogP contribution in [0.15, 0.2) is 0 Å². The van der Waals surface area contributed by atoms with Crippen LogP contribution in [0, 0.1) is 17.0 Å². The number of aryl methyl sites for hydroxylation is 1. The Hall–Kier alpha value is -1.96. The third kappa shape index (κ3) is 3.27. The van der Waals surface area contributed by atoms with Crippen LogP contribution in [0.4, 0.5) is 17.5 Å². The number of methoxy groups -OCH3 is 1. The third-order valence-electron chi connectivity index (χ3n) is 2.46. The molecule has 0 fully saturated rings. The standard InChI is InChI=1S/C10H17N5O3/c1-4-7(5-18-3)13-9-8(15(16)17)6(2)12-10(11)14-9/h7H,4-5H2,1-3H3,(H3,11,12,13,14). The normalized spacial score (nSPS) is 12.2. The fourth-order valence-corrected chi connectivity index (χ4v) is 1.56. The van der Waals surface area contributed by atoms with Crippen LogP contribution < -0.4 is 11.1 Å². The van der Waals surface area contributed by atoms with Crippen molar-refractivity contribution in [2.75, 3.05) is 24.8 Å². The van der Waals surface area contributed by atoms with E-state index in [2.05, 4.69) is 15.3 Å². The van der Waals surface area contributed by atoms with Gasteiger partial charge in [-0.1, -0.05) is 6.92 Å². The lowest BCUT2D eigenvalue weighted by Gasteiger charge is -2.16. The molecule has 0 aromatic carbocycles. The minimum Gasteiger partial charge on any atom is -0.383 e. The molecule has 3 N–H and O–H groups in total. The molecule has 1 rings (SSSR count). The molecule has 1 unspecified atom stereocenters. The minimum absolute atomic E-state index is 0.00729. The van der Waals surface area contributed by atoms with Crippen molar-refractivity contribution in [1.29, 1.82) is 0 Å². The Morgan fingerprint density at radius 1 is 1.56 bits per heavy atom. The number of hydrogen-bond donors (Lipinski definition) is 2. The number of rotatable bonds is 6. The van der Waals surface area contributed by atoms with E-state index in [1.165, 1.54) is 6.92 Å². The van der Waals surface area contributed by atoms with E-state index in [-0.39, 0.29) is 29.2 Å². The predicted molar refractivity (Wildman–Crippen MR) is 67.4 cm³/mol. The Kier molecular flexibility index (Phi) is 4.78. The Balaban J connectivity index is 3.09. The molecule has 0 spiro atoms. The van der Waals surface area contributed by atoms with Gasteiger partial charge in [-0.25, -0.2) is 4.98 Å². The Bertz CT molecular complexity index is 438. The largest absolute Gasteiger partial charge is 0.383 e. The zero-order valence-electron chi connectivity index (χ0n) is 10.6. The molecule has 0 aliphatic carbocycles. The van der Waals surface area contributed by atoms with Crippen LogP contribution in [-0.2, 0) is 4.74 Å². The fraction of sp³-hybridized carbons (Fsp3) is 0.600. The molecular formula is C10H17N5O3. The number of ether oxygens (including phenoxy) is 1. The Labute approximate surface area is 105 Å². The van der Waals surface area contributed by atoms with Crippen molar-refractivity contribution in [3.8, 4) is 0 Å². The summed E-state index contributed by atoms with van der Waals surface area (Å²) in [6.45, 7) is 3.90. The summed E-state index contributed by atoms with van der Waals surface area (Å²) in [5.41, 5.74) is 5.59. The molecule has 18 heavy (non-hydrogen) atoms. The van der Waals surface area contributed by atoms with Crippen LogP contribution >= 0.6 is 0 Å². The average molecular weight is 255 g/mol. The smallest absolute Gasteiger partial charge is 0.332 e. The first-order valence-corrected chi connectivity index (χ1v) is 5.53. The molecule has 0 radical (unpaired) electrons. The summed E-state index contributed by atoms with van der Waals surface area (Å²) >= 11 is 0. The van der Waals surface area contributed by atoms with E-state index < -0.39 is 4.92 Å². The lowest BCUT2D eigenvalue weighted by molar-refractivity contribution is -0.385. The van der Waals surface area contributed by atoms with Crippen molar-refractivity contribution in [3.63, 3.8) is 0 Å². The molecule has 0 aliphatic rings. The molecule has 8 nitrogen and oxygen atoms in total. The van der Waals surface area contributed by atoms with Gasteiger partial charge in [-0.3, -0.25) is 10.1 Å². The lowest BCUT2D eigenvalue weighted by Crippen LogP contribution is -2.25. The van der Waals surface area contributed by atoms with E-state index in [9.17, 15) is 10.1 Å². The predicted octanol–water partition coefficient (Wildman–Crippen LogP) is 1.11. The van der Waals surface area contributed by atoms with Gasteiger partial charge in [-0.15, -0.1) is 0 Å². The molecule has 100 valence electrons. The van der Waals surface area contributed by atoms with Crippen LogP contribution in [0.2, 0.25) is 0 Å². The number of nitrogen functional groups attached to an aromatic ring is 1. The van der Waals surface area contributed by atoms with Crippen LogP contribution in [0.5, 0.6) is 0 Å². The number of nitrogens with two attached hydrogens (primary N) is 1. The van der Waals surface area contributed by atoms with Crippen molar-refractivity contribution in [2.45, 2.75) is 26.3 Å². The molecule has 1 aromatic rings. The molecule has 0 bridgehead atoms. The van der Waals surface area contributed by atoms with E-state index in [0.29, 0.717) is 6.61 Å². The van der Waals surface area contributed by atoms with E-state index in [1.807, 2.05) is 6.92 Å². The van der Waals surface area contributed by atoms with E-state index in [0.717, 1.165) is 6.42 Å². The van der Waals surface area contributed by atoms with Gasteiger partial charge in [0.15, 0.2) is 0 Å². The van der Waals surface area contributed by atoms with Crippen LogP contribution in [0.3, 0.4) is 0 Å². The van der Waals surface area contributed by atoms with E-state index >= 15 is 0 Å². The number of nitro groups is 1. The molecule has 0 aliphatic heterocycles. The first kappa shape index (κ1) is 14.1. The van der Waals surface area contributed by atoms with Gasteiger partial charge in [-0.05, 0) is 13.3 Å². The van der Waals surface area contributed by atoms with Crippen molar-refractivity contribution in [3.05, 3.63) is 15.8 Å². The second kappa shape index (κ2) is 6.10. The summed E-state index contributed by atoms with van der Waals surface area (Å²) < 4.78 is 5.02. The monoisotopic (exact) mass is 255 g/mol. The van der Waals surface area contributed by atoms with Crippen molar-refractivity contribution >= 4 is 17.5 Å². The topological polar surface area (TPSA) is 116 Å². The van der Waals surface area contributed by atoms with Gasteiger partial charge in [0.1, 0.15) is 5.69 Å². The second-order valence-corrected chi connectivity index (χ2v) is 3.83. The van der Waals surface area contributed by atoms with Gasteiger partial charge in [-0.2, -0.15) is 4.98 Å². The Morgan fingerprint density at radius 3 is 2.72 bits per heavy atom. The summed E-state index contributed by atoms with van der Waals surface area (Å²) in [6, 6.07) is -0.0672.